The maximum Gasteiger partial charge on any atom is 0.410 e. The number of benzene rings is 1. The Bertz CT molecular complexity index is 1140. The van der Waals surface area contributed by atoms with Gasteiger partial charge in [0, 0.05) is 38.0 Å². The van der Waals surface area contributed by atoms with Crippen LogP contribution in [0.3, 0.4) is 0 Å². The van der Waals surface area contributed by atoms with Gasteiger partial charge in [0.05, 0.1) is 12.6 Å². The van der Waals surface area contributed by atoms with Gasteiger partial charge in [-0.05, 0) is 69.7 Å². The summed E-state index contributed by atoms with van der Waals surface area (Å²) in [6.07, 6.45) is 7.08. The number of rotatable bonds is 10. The van der Waals surface area contributed by atoms with Gasteiger partial charge in [-0.25, -0.2) is 9.59 Å². The van der Waals surface area contributed by atoms with Gasteiger partial charge in [0.15, 0.2) is 5.78 Å². The van der Waals surface area contributed by atoms with Crippen molar-refractivity contribution in [2.45, 2.75) is 90.7 Å². The van der Waals surface area contributed by atoms with Gasteiger partial charge in [-0.3, -0.25) is 9.69 Å². The Morgan fingerprint density at radius 1 is 1.03 bits per heavy atom. The number of Topliss-reactive ketones (excluding diaryl/α,β-unsaturated/α-hetero) is 1. The van der Waals surface area contributed by atoms with Crippen LogP contribution in [0.25, 0.3) is 11.0 Å². The van der Waals surface area contributed by atoms with E-state index in [-0.39, 0.29) is 30.5 Å². The summed E-state index contributed by atoms with van der Waals surface area (Å²) < 4.78 is 21.9. The molecule has 1 amide bonds. The van der Waals surface area contributed by atoms with Crippen LogP contribution in [0.15, 0.2) is 28.7 Å². The zero-order chi connectivity index (χ0) is 28.0. The van der Waals surface area contributed by atoms with Gasteiger partial charge in [0.2, 0.25) is 5.76 Å². The number of ether oxygens (including phenoxy) is 3. The zero-order valence-corrected chi connectivity index (χ0v) is 23.8. The summed E-state index contributed by atoms with van der Waals surface area (Å²) in [6, 6.07) is 6.68. The van der Waals surface area contributed by atoms with Crippen LogP contribution in [0.4, 0.5) is 4.79 Å². The number of esters is 1. The molecule has 0 N–H and O–H groups in total. The van der Waals surface area contributed by atoms with Crippen LogP contribution in [0, 0.1) is 11.8 Å². The molecule has 8 nitrogen and oxygen atoms in total. The highest BCUT2D eigenvalue weighted by atomic mass is 16.6. The SMILES string of the molecule is CCOCCCOC(=O)c1cc2cc(CC(=O)[C@@H]3[C@H](C4CCCCC4)CCN3C(=O)OC(C)(C)C)ccc2o1. The van der Waals surface area contributed by atoms with Gasteiger partial charge in [-0.15, -0.1) is 0 Å². The summed E-state index contributed by atoms with van der Waals surface area (Å²) in [5.74, 6) is 0.264. The summed E-state index contributed by atoms with van der Waals surface area (Å²) in [4.78, 5) is 41.0. The Morgan fingerprint density at radius 2 is 1.79 bits per heavy atom. The first kappa shape index (κ1) is 29.1. The van der Waals surface area contributed by atoms with E-state index < -0.39 is 23.7 Å². The molecule has 214 valence electrons. The number of nitrogens with zero attached hydrogens (tertiary/aromatic N) is 1. The summed E-state index contributed by atoms with van der Waals surface area (Å²) in [5.41, 5.74) is 0.759. The fraction of sp³-hybridized carbons (Fsp3) is 0.645. The fourth-order valence-electron chi connectivity index (χ4n) is 5.96. The van der Waals surface area contributed by atoms with Crippen molar-refractivity contribution in [3.8, 4) is 0 Å². The summed E-state index contributed by atoms with van der Waals surface area (Å²) in [6.45, 7) is 9.43. The molecule has 8 heteroatoms. The number of amides is 1. The molecule has 0 spiro atoms. The number of furan rings is 1. The van der Waals surface area contributed by atoms with Gasteiger partial charge in [-0.2, -0.15) is 0 Å². The minimum atomic E-state index is -0.623. The normalized spacial score (nSPS) is 20.4. The quantitative estimate of drug-likeness (QED) is 0.256. The molecule has 39 heavy (non-hydrogen) atoms. The lowest BCUT2D eigenvalue weighted by Crippen LogP contribution is -2.47. The second-order valence-corrected chi connectivity index (χ2v) is 11.8. The number of carbonyl (C=O) groups excluding carboxylic acids is 3. The minimum absolute atomic E-state index is 0.0331. The second kappa shape index (κ2) is 13.0. The third-order valence-electron chi connectivity index (χ3n) is 7.69. The van der Waals surface area contributed by atoms with Crippen molar-refractivity contribution in [1.82, 2.24) is 4.90 Å². The molecule has 2 aliphatic rings. The lowest BCUT2D eigenvalue weighted by Gasteiger charge is -2.34. The molecule has 1 saturated heterocycles. The van der Waals surface area contributed by atoms with Crippen LogP contribution in [-0.4, -0.2) is 60.8 Å². The molecular weight excluding hydrogens is 498 g/mol. The molecule has 1 aromatic carbocycles. The number of fused-ring (bicyclic) bond motifs is 1. The Kier molecular flexibility index (Phi) is 9.70. The molecule has 0 radical (unpaired) electrons. The first-order valence-corrected chi connectivity index (χ1v) is 14.5. The van der Waals surface area contributed by atoms with E-state index in [1.54, 1.807) is 17.0 Å². The lowest BCUT2D eigenvalue weighted by atomic mass is 9.75. The monoisotopic (exact) mass is 541 g/mol. The zero-order valence-electron chi connectivity index (χ0n) is 23.8. The van der Waals surface area contributed by atoms with E-state index in [1.165, 1.54) is 19.3 Å². The van der Waals surface area contributed by atoms with Crippen molar-refractivity contribution in [1.29, 1.82) is 0 Å². The third kappa shape index (κ3) is 7.62. The Hall–Kier alpha value is -2.87. The van der Waals surface area contributed by atoms with E-state index >= 15 is 0 Å². The molecule has 1 saturated carbocycles. The molecule has 1 aromatic heterocycles. The average molecular weight is 542 g/mol. The molecule has 1 aliphatic carbocycles. The minimum Gasteiger partial charge on any atom is -0.460 e. The highest BCUT2D eigenvalue weighted by Gasteiger charge is 2.46. The van der Waals surface area contributed by atoms with Crippen LogP contribution < -0.4 is 0 Å². The van der Waals surface area contributed by atoms with Gasteiger partial charge in [-0.1, -0.05) is 38.2 Å². The second-order valence-electron chi connectivity index (χ2n) is 11.8. The van der Waals surface area contributed by atoms with Gasteiger partial charge < -0.3 is 18.6 Å². The first-order valence-electron chi connectivity index (χ1n) is 14.5. The number of hydrogen-bond donors (Lipinski definition) is 0. The van der Waals surface area contributed by atoms with Crippen molar-refractivity contribution >= 4 is 28.8 Å². The number of hydrogen-bond acceptors (Lipinski definition) is 7. The first-order chi connectivity index (χ1) is 18.7. The Labute approximate surface area is 231 Å². The standard InChI is InChI=1S/C31H43NO7/c1-5-36-16-9-17-37-29(34)27-20-23-18-21(12-13-26(23)38-27)19-25(33)28-24(22-10-7-6-8-11-22)14-15-32(28)30(35)39-31(2,3)4/h12-13,18,20,22,24,28H,5-11,14-17,19H2,1-4H3/t24-,28-/m0/s1. The van der Waals surface area contributed by atoms with E-state index in [1.807, 2.05) is 39.8 Å². The molecule has 2 atom stereocenters. The number of ketones is 1. The predicted molar refractivity (Wildman–Crippen MR) is 148 cm³/mol. The van der Waals surface area contributed by atoms with Crippen LogP contribution in [0.1, 0.15) is 88.8 Å². The van der Waals surface area contributed by atoms with Crippen molar-refractivity contribution in [2.75, 3.05) is 26.4 Å². The van der Waals surface area contributed by atoms with Crippen molar-refractivity contribution < 1.29 is 33.0 Å². The lowest BCUT2D eigenvalue weighted by molar-refractivity contribution is -0.124. The molecule has 1 aliphatic heterocycles. The highest BCUT2D eigenvalue weighted by Crippen LogP contribution is 2.40. The predicted octanol–water partition coefficient (Wildman–Crippen LogP) is 6.33. The summed E-state index contributed by atoms with van der Waals surface area (Å²) >= 11 is 0. The van der Waals surface area contributed by atoms with E-state index in [9.17, 15) is 14.4 Å². The summed E-state index contributed by atoms with van der Waals surface area (Å²) in [7, 11) is 0. The van der Waals surface area contributed by atoms with E-state index in [0.717, 1.165) is 30.2 Å². The maximum atomic E-state index is 13.8. The van der Waals surface area contributed by atoms with Crippen LogP contribution in [0.2, 0.25) is 0 Å². The van der Waals surface area contributed by atoms with Gasteiger partial charge >= 0.3 is 12.1 Å². The molecule has 2 fully saturated rings. The largest absolute Gasteiger partial charge is 0.460 e. The van der Waals surface area contributed by atoms with Crippen LogP contribution in [-0.2, 0) is 25.4 Å². The highest BCUT2D eigenvalue weighted by molar-refractivity contribution is 5.94. The van der Waals surface area contributed by atoms with E-state index in [2.05, 4.69) is 0 Å². The third-order valence-corrected chi connectivity index (χ3v) is 7.69. The Balaban J connectivity index is 1.47. The summed E-state index contributed by atoms with van der Waals surface area (Å²) in [5, 5.41) is 0.737. The van der Waals surface area contributed by atoms with Crippen molar-refractivity contribution in [2.24, 2.45) is 11.8 Å². The molecule has 4 rings (SSSR count). The maximum absolute atomic E-state index is 13.8. The average Bonchev–Trinajstić information content (AvgIpc) is 3.53. The van der Waals surface area contributed by atoms with Crippen molar-refractivity contribution in [3.05, 3.63) is 35.6 Å². The molecule has 2 heterocycles. The Morgan fingerprint density at radius 3 is 2.51 bits per heavy atom. The molecule has 0 unspecified atom stereocenters. The smallest absolute Gasteiger partial charge is 0.410 e. The number of carbonyl (C=O) groups is 3. The van der Waals surface area contributed by atoms with Gasteiger partial charge in [0.25, 0.3) is 0 Å². The van der Waals surface area contributed by atoms with Crippen molar-refractivity contribution in [3.63, 3.8) is 0 Å². The van der Waals surface area contributed by atoms with E-state index in [4.69, 9.17) is 18.6 Å². The van der Waals surface area contributed by atoms with Gasteiger partial charge in [0.1, 0.15) is 11.2 Å². The van der Waals surface area contributed by atoms with E-state index in [0.29, 0.717) is 37.7 Å². The van der Waals surface area contributed by atoms with Crippen LogP contribution >= 0.6 is 0 Å². The molecule has 0 bridgehead atoms. The van der Waals surface area contributed by atoms with Crippen LogP contribution in [0.5, 0.6) is 0 Å². The molecular formula is C31H43NO7. The fourth-order valence-corrected chi connectivity index (χ4v) is 5.96. The molecule has 2 aromatic rings. The topological polar surface area (TPSA) is 95.3 Å². The number of likely N-dealkylation sites (tertiary alicyclic amines) is 1.